The third kappa shape index (κ3) is 4.56. The SMILES string of the molecule is COC(=O)COc1ccc(C)cc1-c1nsc2ccc(-n3c(=O)cc(C(F)(F)F)n(C)c3=O)cc12. The molecule has 0 saturated carbocycles. The second kappa shape index (κ2) is 9.02. The number of carbonyl (C=O) groups excluding carboxylic acids is 1. The van der Waals surface area contributed by atoms with E-state index in [4.69, 9.17) is 4.74 Å². The van der Waals surface area contributed by atoms with Gasteiger partial charge in [-0.15, -0.1) is 0 Å². The molecule has 0 bridgehead atoms. The Morgan fingerprint density at radius 2 is 1.86 bits per heavy atom. The second-order valence-corrected chi connectivity index (χ2v) is 8.42. The van der Waals surface area contributed by atoms with Crippen molar-refractivity contribution < 1.29 is 27.4 Å². The number of carbonyl (C=O) groups is 1. The Balaban J connectivity index is 1.88. The molecule has 8 nitrogen and oxygen atoms in total. The van der Waals surface area contributed by atoms with Crippen LogP contribution >= 0.6 is 11.5 Å². The van der Waals surface area contributed by atoms with Crippen molar-refractivity contribution in [3.63, 3.8) is 0 Å². The number of halogens is 3. The third-order valence-corrected chi connectivity index (χ3v) is 6.11. The van der Waals surface area contributed by atoms with Crippen LogP contribution in [0.3, 0.4) is 0 Å². The quantitative estimate of drug-likeness (QED) is 0.384. The monoisotopic (exact) mass is 505 g/mol. The van der Waals surface area contributed by atoms with Crippen LogP contribution in [-0.4, -0.2) is 33.2 Å². The van der Waals surface area contributed by atoms with Crippen LogP contribution in [0.1, 0.15) is 11.3 Å². The van der Waals surface area contributed by atoms with Gasteiger partial charge in [0.2, 0.25) is 0 Å². The number of alkyl halides is 3. The summed E-state index contributed by atoms with van der Waals surface area (Å²) in [5, 5.41) is 0.551. The van der Waals surface area contributed by atoms with Crippen molar-refractivity contribution in [2.75, 3.05) is 13.7 Å². The van der Waals surface area contributed by atoms with Gasteiger partial charge in [-0.3, -0.25) is 9.36 Å². The van der Waals surface area contributed by atoms with Gasteiger partial charge in [-0.2, -0.15) is 17.5 Å². The lowest BCUT2D eigenvalue weighted by atomic mass is 10.0. The first-order chi connectivity index (χ1) is 16.5. The summed E-state index contributed by atoms with van der Waals surface area (Å²) in [6.45, 7) is 1.54. The fraction of sp³-hybridized carbons (Fsp3) is 0.217. The van der Waals surface area contributed by atoms with E-state index in [1.165, 1.54) is 19.2 Å². The molecule has 0 unspecified atom stereocenters. The average Bonchev–Trinajstić information content (AvgIpc) is 3.23. The first-order valence-corrected chi connectivity index (χ1v) is 10.9. The Labute approximate surface area is 199 Å². The molecule has 0 fully saturated rings. The Kier molecular flexibility index (Phi) is 6.24. The fourth-order valence-corrected chi connectivity index (χ4v) is 4.31. The van der Waals surface area contributed by atoms with Gasteiger partial charge >= 0.3 is 17.8 Å². The van der Waals surface area contributed by atoms with Crippen LogP contribution in [0, 0.1) is 6.92 Å². The summed E-state index contributed by atoms with van der Waals surface area (Å²) < 4.78 is 56.1. The number of rotatable bonds is 5. The maximum Gasteiger partial charge on any atom is 0.431 e. The van der Waals surface area contributed by atoms with Crippen molar-refractivity contribution in [1.82, 2.24) is 13.5 Å². The van der Waals surface area contributed by atoms with Gasteiger partial charge in [-0.05, 0) is 48.8 Å². The molecule has 35 heavy (non-hydrogen) atoms. The van der Waals surface area contributed by atoms with E-state index in [1.807, 2.05) is 6.92 Å². The summed E-state index contributed by atoms with van der Waals surface area (Å²) in [4.78, 5) is 36.8. The highest BCUT2D eigenvalue weighted by Crippen LogP contribution is 2.37. The summed E-state index contributed by atoms with van der Waals surface area (Å²) in [6.07, 6.45) is -4.85. The zero-order valence-electron chi connectivity index (χ0n) is 18.7. The van der Waals surface area contributed by atoms with Crippen LogP contribution in [0.25, 0.3) is 27.0 Å². The van der Waals surface area contributed by atoms with Gasteiger partial charge in [0.25, 0.3) is 5.56 Å². The van der Waals surface area contributed by atoms with Crippen molar-refractivity contribution in [3.8, 4) is 22.7 Å². The van der Waals surface area contributed by atoms with Crippen molar-refractivity contribution in [2.24, 2.45) is 7.05 Å². The molecule has 2 aromatic carbocycles. The van der Waals surface area contributed by atoms with E-state index < -0.39 is 29.1 Å². The molecule has 4 rings (SSSR count). The summed E-state index contributed by atoms with van der Waals surface area (Å²) >= 11 is 1.16. The molecule has 0 N–H and O–H groups in total. The minimum atomic E-state index is -4.85. The number of methoxy groups -OCH3 is 1. The molecule has 4 aromatic rings. The van der Waals surface area contributed by atoms with Crippen LogP contribution in [0.4, 0.5) is 13.2 Å². The topological polar surface area (TPSA) is 92.4 Å². The molecule has 0 atom stereocenters. The fourth-order valence-electron chi connectivity index (χ4n) is 3.55. The zero-order chi connectivity index (χ0) is 25.5. The van der Waals surface area contributed by atoms with Crippen LogP contribution in [-0.2, 0) is 22.8 Å². The van der Waals surface area contributed by atoms with Gasteiger partial charge in [0.1, 0.15) is 11.4 Å². The van der Waals surface area contributed by atoms with Crippen LogP contribution < -0.4 is 16.0 Å². The Hall–Kier alpha value is -3.93. The van der Waals surface area contributed by atoms with Gasteiger partial charge in [0.05, 0.1) is 23.2 Å². The number of hydrogen-bond donors (Lipinski definition) is 0. The van der Waals surface area contributed by atoms with Gasteiger partial charge in [-0.1, -0.05) is 11.6 Å². The highest BCUT2D eigenvalue weighted by atomic mass is 32.1. The predicted octanol–water partition coefficient (Wildman–Crippen LogP) is 3.69. The molecule has 0 saturated heterocycles. The molecule has 0 amide bonds. The lowest BCUT2D eigenvalue weighted by Crippen LogP contribution is -2.40. The largest absolute Gasteiger partial charge is 0.481 e. The highest BCUT2D eigenvalue weighted by molar-refractivity contribution is 7.13. The lowest BCUT2D eigenvalue weighted by Gasteiger charge is -2.14. The maximum absolute atomic E-state index is 13.2. The van der Waals surface area contributed by atoms with Gasteiger partial charge < -0.3 is 9.47 Å². The van der Waals surface area contributed by atoms with Crippen molar-refractivity contribution in [3.05, 3.63) is 74.6 Å². The first-order valence-electron chi connectivity index (χ1n) is 10.1. The first kappa shape index (κ1) is 24.2. The molecule has 0 radical (unpaired) electrons. The minimum absolute atomic E-state index is 0.0861. The molecular formula is C23H18F3N3O5S. The Morgan fingerprint density at radius 3 is 2.54 bits per heavy atom. The molecule has 12 heteroatoms. The molecule has 0 aliphatic heterocycles. The van der Waals surface area contributed by atoms with E-state index in [2.05, 4.69) is 9.11 Å². The predicted molar refractivity (Wildman–Crippen MR) is 123 cm³/mol. The van der Waals surface area contributed by atoms with E-state index in [0.717, 1.165) is 24.1 Å². The number of benzene rings is 2. The van der Waals surface area contributed by atoms with Crippen LogP contribution in [0.2, 0.25) is 0 Å². The Bertz CT molecular complexity index is 1570. The minimum Gasteiger partial charge on any atom is -0.481 e. The summed E-state index contributed by atoms with van der Waals surface area (Å²) in [5.41, 5.74) is -1.58. The average molecular weight is 505 g/mol. The van der Waals surface area contributed by atoms with Crippen molar-refractivity contribution in [1.29, 1.82) is 0 Å². The number of aromatic nitrogens is 3. The Morgan fingerprint density at radius 1 is 1.11 bits per heavy atom. The van der Waals surface area contributed by atoms with Crippen LogP contribution in [0.15, 0.2) is 52.1 Å². The number of esters is 1. The lowest BCUT2D eigenvalue weighted by molar-refractivity contribution is -0.144. The van der Waals surface area contributed by atoms with E-state index in [1.54, 1.807) is 24.3 Å². The van der Waals surface area contributed by atoms with E-state index >= 15 is 0 Å². The number of hydrogen-bond acceptors (Lipinski definition) is 7. The summed E-state index contributed by atoms with van der Waals surface area (Å²) in [6, 6.07) is 10.3. The number of fused-ring (bicyclic) bond motifs is 1. The number of nitrogens with zero attached hydrogens (tertiary/aromatic N) is 3. The van der Waals surface area contributed by atoms with Crippen LogP contribution in [0.5, 0.6) is 5.75 Å². The van der Waals surface area contributed by atoms with Crippen molar-refractivity contribution in [2.45, 2.75) is 13.1 Å². The molecular weight excluding hydrogens is 487 g/mol. The standard InChI is InChI=1S/C23H18F3N3O5S/c1-12-4-6-16(34-11-20(31)33-3)14(8-12)21-15-9-13(5-7-17(15)35-27-21)29-19(30)10-18(23(24,25)26)28(2)22(29)32/h4-10H,11H2,1-3H3. The molecule has 2 heterocycles. The molecule has 0 spiro atoms. The van der Waals surface area contributed by atoms with E-state index in [0.29, 0.717) is 42.3 Å². The van der Waals surface area contributed by atoms with Gasteiger partial charge in [0.15, 0.2) is 6.61 Å². The molecule has 2 aromatic heterocycles. The van der Waals surface area contributed by atoms with Gasteiger partial charge in [-0.25, -0.2) is 14.2 Å². The third-order valence-electron chi connectivity index (χ3n) is 5.29. The second-order valence-electron chi connectivity index (χ2n) is 7.62. The summed E-state index contributed by atoms with van der Waals surface area (Å²) in [7, 11) is 2.19. The van der Waals surface area contributed by atoms with E-state index in [-0.39, 0.29) is 12.3 Å². The van der Waals surface area contributed by atoms with Crippen molar-refractivity contribution >= 4 is 27.6 Å². The number of aryl methyl sites for hydroxylation is 1. The smallest absolute Gasteiger partial charge is 0.431 e. The summed E-state index contributed by atoms with van der Waals surface area (Å²) in [5.74, 6) is -0.208. The molecule has 0 aliphatic carbocycles. The molecule has 0 aliphatic rings. The normalized spacial score (nSPS) is 11.6. The van der Waals surface area contributed by atoms with Gasteiger partial charge in [0, 0.05) is 24.1 Å². The molecule has 182 valence electrons. The van der Waals surface area contributed by atoms with E-state index in [9.17, 15) is 27.6 Å². The zero-order valence-corrected chi connectivity index (χ0v) is 19.5. The number of ether oxygens (including phenoxy) is 2. The highest BCUT2D eigenvalue weighted by Gasteiger charge is 2.35. The maximum atomic E-state index is 13.2.